The summed E-state index contributed by atoms with van der Waals surface area (Å²) in [4.78, 5) is 27.6. The van der Waals surface area contributed by atoms with Crippen LogP contribution in [0.3, 0.4) is 0 Å². The van der Waals surface area contributed by atoms with Crippen LogP contribution in [-0.4, -0.2) is 63.4 Å². The number of carboxylic acid groups (broad SMARTS) is 1. The number of nitrogens with zero attached hydrogens (tertiary/aromatic N) is 2. The molecular weight excluding hydrogens is 395 g/mol. The molecule has 6 heteroatoms. The molecule has 5 nitrogen and oxygen atoms in total. The largest absolute Gasteiger partial charge is 0.481 e. The lowest BCUT2D eigenvalue weighted by Gasteiger charge is -2.36. The van der Waals surface area contributed by atoms with Gasteiger partial charge >= 0.3 is 5.97 Å². The maximum Gasteiger partial charge on any atom is 0.306 e. The second-order valence-corrected chi connectivity index (χ2v) is 8.59. The minimum atomic E-state index is -0.825. The van der Waals surface area contributed by atoms with Gasteiger partial charge in [-0.1, -0.05) is 43.4 Å². The number of alkyl halides is 1. The third kappa shape index (κ3) is 6.81. The molecule has 0 aliphatic carbocycles. The topological polar surface area (TPSA) is 60.9 Å². The number of carbonyl (C=O) groups is 2. The van der Waals surface area contributed by atoms with Crippen LogP contribution in [-0.2, 0) is 9.59 Å². The zero-order valence-electron chi connectivity index (χ0n) is 13.9. The standard InChI is InChI=1S/C16H29IN2O3/c1-12(11-13(2)16(21)22)15(20)19-9-7-18(8-10-19)6-4-5-14(3)17/h12-14H,4-11H2,1-3H3,(H,21,22). The zero-order valence-corrected chi connectivity index (χ0v) is 16.1. The van der Waals surface area contributed by atoms with Crippen molar-refractivity contribution in [3.05, 3.63) is 0 Å². The maximum absolute atomic E-state index is 12.4. The molecule has 1 aliphatic heterocycles. The molecule has 0 saturated carbocycles. The van der Waals surface area contributed by atoms with Crippen LogP contribution in [0.5, 0.6) is 0 Å². The predicted molar refractivity (Wildman–Crippen MR) is 96.3 cm³/mol. The molecule has 0 bridgehead atoms. The summed E-state index contributed by atoms with van der Waals surface area (Å²) in [5, 5.41) is 8.95. The molecular formula is C16H29IN2O3. The Labute approximate surface area is 147 Å². The smallest absolute Gasteiger partial charge is 0.306 e. The van der Waals surface area contributed by atoms with E-state index < -0.39 is 11.9 Å². The second-order valence-electron chi connectivity index (χ2n) is 6.47. The van der Waals surface area contributed by atoms with Crippen LogP contribution in [0.4, 0.5) is 0 Å². The molecule has 128 valence electrons. The number of amides is 1. The lowest BCUT2D eigenvalue weighted by atomic mass is 9.96. The lowest BCUT2D eigenvalue weighted by molar-refractivity contribution is -0.143. The minimum Gasteiger partial charge on any atom is -0.481 e. The summed E-state index contributed by atoms with van der Waals surface area (Å²) in [6.45, 7) is 10.3. The van der Waals surface area contributed by atoms with E-state index in [9.17, 15) is 9.59 Å². The van der Waals surface area contributed by atoms with Gasteiger partial charge in [0.1, 0.15) is 0 Å². The quantitative estimate of drug-likeness (QED) is 0.481. The van der Waals surface area contributed by atoms with Crippen LogP contribution < -0.4 is 0 Å². The predicted octanol–water partition coefficient (Wildman–Crippen LogP) is 2.48. The van der Waals surface area contributed by atoms with E-state index in [4.69, 9.17) is 5.11 Å². The monoisotopic (exact) mass is 424 g/mol. The van der Waals surface area contributed by atoms with Gasteiger partial charge in [-0.2, -0.15) is 0 Å². The number of carboxylic acids is 1. The number of carbonyl (C=O) groups excluding carboxylic acids is 1. The fourth-order valence-corrected chi connectivity index (χ4v) is 3.27. The van der Waals surface area contributed by atoms with E-state index in [0.29, 0.717) is 6.42 Å². The van der Waals surface area contributed by atoms with E-state index in [-0.39, 0.29) is 11.8 Å². The first kappa shape index (κ1) is 19.7. The van der Waals surface area contributed by atoms with Crippen LogP contribution in [0.2, 0.25) is 0 Å². The first-order chi connectivity index (χ1) is 10.3. The Bertz CT molecular complexity index is 368. The summed E-state index contributed by atoms with van der Waals surface area (Å²) in [6.07, 6.45) is 2.87. The first-order valence-electron chi connectivity index (χ1n) is 8.19. The molecule has 0 aromatic heterocycles. The SMILES string of the molecule is CC(I)CCCN1CCN(C(=O)C(C)CC(C)C(=O)O)CC1. The van der Waals surface area contributed by atoms with Crippen molar-refractivity contribution in [2.24, 2.45) is 11.8 Å². The van der Waals surface area contributed by atoms with E-state index in [1.807, 2.05) is 11.8 Å². The van der Waals surface area contributed by atoms with Gasteiger partial charge in [-0.05, 0) is 25.8 Å². The van der Waals surface area contributed by atoms with Gasteiger partial charge in [0.25, 0.3) is 0 Å². The van der Waals surface area contributed by atoms with Gasteiger partial charge in [-0.15, -0.1) is 0 Å². The summed E-state index contributed by atoms with van der Waals surface area (Å²) >= 11 is 2.46. The van der Waals surface area contributed by atoms with Crippen molar-refractivity contribution in [3.8, 4) is 0 Å². The molecule has 0 spiro atoms. The molecule has 1 N–H and O–H groups in total. The van der Waals surface area contributed by atoms with Gasteiger partial charge < -0.3 is 10.0 Å². The molecule has 1 fully saturated rings. The summed E-state index contributed by atoms with van der Waals surface area (Å²) in [5.41, 5.74) is 0. The van der Waals surface area contributed by atoms with Gasteiger partial charge in [-0.25, -0.2) is 0 Å². The van der Waals surface area contributed by atoms with Crippen molar-refractivity contribution in [3.63, 3.8) is 0 Å². The normalized spacial score (nSPS) is 20.5. The lowest BCUT2D eigenvalue weighted by Crippen LogP contribution is -2.50. The highest BCUT2D eigenvalue weighted by molar-refractivity contribution is 14.1. The third-order valence-electron chi connectivity index (χ3n) is 4.31. The third-order valence-corrected chi connectivity index (χ3v) is 4.93. The van der Waals surface area contributed by atoms with E-state index in [1.54, 1.807) is 6.92 Å². The molecule has 1 rings (SSSR count). The number of piperazine rings is 1. The summed E-state index contributed by atoms with van der Waals surface area (Å²) in [6, 6.07) is 0. The van der Waals surface area contributed by atoms with Gasteiger partial charge in [0.2, 0.25) is 5.91 Å². The highest BCUT2D eigenvalue weighted by Gasteiger charge is 2.27. The van der Waals surface area contributed by atoms with Gasteiger partial charge in [0.15, 0.2) is 0 Å². The maximum atomic E-state index is 12.4. The Morgan fingerprint density at radius 1 is 1.09 bits per heavy atom. The van der Waals surface area contributed by atoms with Crippen LogP contribution in [0, 0.1) is 11.8 Å². The molecule has 0 aromatic rings. The average Bonchev–Trinajstić information content (AvgIpc) is 2.46. The highest BCUT2D eigenvalue weighted by atomic mass is 127. The zero-order chi connectivity index (χ0) is 16.7. The Kier molecular flexibility index (Phi) is 8.67. The molecule has 0 aromatic carbocycles. The minimum absolute atomic E-state index is 0.105. The molecule has 1 amide bonds. The Hall–Kier alpha value is -0.370. The summed E-state index contributed by atoms with van der Waals surface area (Å²) in [7, 11) is 0. The fraction of sp³-hybridized carbons (Fsp3) is 0.875. The Morgan fingerprint density at radius 2 is 1.68 bits per heavy atom. The van der Waals surface area contributed by atoms with E-state index in [2.05, 4.69) is 34.4 Å². The van der Waals surface area contributed by atoms with Crippen molar-refractivity contribution in [1.82, 2.24) is 9.80 Å². The Morgan fingerprint density at radius 3 is 2.18 bits per heavy atom. The molecule has 1 saturated heterocycles. The van der Waals surface area contributed by atoms with Crippen molar-refractivity contribution in [1.29, 1.82) is 0 Å². The second kappa shape index (κ2) is 9.70. The van der Waals surface area contributed by atoms with Crippen LogP contribution in [0.1, 0.15) is 40.0 Å². The van der Waals surface area contributed by atoms with Crippen molar-refractivity contribution < 1.29 is 14.7 Å². The van der Waals surface area contributed by atoms with Crippen molar-refractivity contribution in [2.45, 2.75) is 44.0 Å². The number of halogens is 1. The van der Waals surface area contributed by atoms with Gasteiger partial charge in [0, 0.05) is 36.0 Å². The molecule has 3 atom stereocenters. The van der Waals surface area contributed by atoms with Crippen LogP contribution in [0.25, 0.3) is 0 Å². The number of hydrogen-bond donors (Lipinski definition) is 1. The van der Waals surface area contributed by atoms with E-state index in [1.165, 1.54) is 12.8 Å². The van der Waals surface area contributed by atoms with E-state index in [0.717, 1.165) is 36.6 Å². The van der Waals surface area contributed by atoms with Crippen LogP contribution >= 0.6 is 22.6 Å². The van der Waals surface area contributed by atoms with Crippen molar-refractivity contribution >= 4 is 34.5 Å². The number of aliphatic carboxylic acids is 1. The highest BCUT2D eigenvalue weighted by Crippen LogP contribution is 2.16. The van der Waals surface area contributed by atoms with Crippen molar-refractivity contribution in [2.75, 3.05) is 32.7 Å². The van der Waals surface area contributed by atoms with Crippen LogP contribution in [0.15, 0.2) is 0 Å². The molecule has 3 unspecified atom stereocenters. The molecule has 1 heterocycles. The molecule has 22 heavy (non-hydrogen) atoms. The first-order valence-corrected chi connectivity index (χ1v) is 9.43. The fourth-order valence-electron chi connectivity index (χ4n) is 2.83. The number of hydrogen-bond acceptors (Lipinski definition) is 3. The average molecular weight is 424 g/mol. The Balaban J connectivity index is 2.31. The van der Waals surface area contributed by atoms with E-state index >= 15 is 0 Å². The summed E-state index contributed by atoms with van der Waals surface area (Å²) in [5.74, 6) is -1.39. The summed E-state index contributed by atoms with van der Waals surface area (Å²) < 4.78 is 0.720. The van der Waals surface area contributed by atoms with Gasteiger partial charge in [0.05, 0.1) is 5.92 Å². The van der Waals surface area contributed by atoms with Gasteiger partial charge in [-0.3, -0.25) is 14.5 Å². The molecule has 1 aliphatic rings. The molecule has 0 radical (unpaired) electrons. The number of rotatable bonds is 8.